The van der Waals surface area contributed by atoms with Crippen molar-refractivity contribution in [3.05, 3.63) is 90.7 Å². The van der Waals surface area contributed by atoms with Crippen LogP contribution < -0.4 is 0 Å². The molecule has 0 amide bonds. The zero-order valence-electron chi connectivity index (χ0n) is 26.1. The van der Waals surface area contributed by atoms with Crippen LogP contribution in [0.1, 0.15) is 83.5 Å². The van der Waals surface area contributed by atoms with E-state index in [1.807, 2.05) is 0 Å². The summed E-state index contributed by atoms with van der Waals surface area (Å²) >= 11 is 2.42. The van der Waals surface area contributed by atoms with Gasteiger partial charge in [0.1, 0.15) is 5.82 Å². The minimum atomic E-state index is -5.78. The third-order valence-electron chi connectivity index (χ3n) is 7.61. The summed E-state index contributed by atoms with van der Waals surface area (Å²) in [5.74, 6) is -2.74. The van der Waals surface area contributed by atoms with Crippen molar-refractivity contribution in [2.24, 2.45) is 0 Å². The van der Waals surface area contributed by atoms with Crippen molar-refractivity contribution >= 4 is 49.0 Å². The number of ether oxygens (including phenoxy) is 1. The Morgan fingerprint density at radius 2 is 1.02 bits per heavy atom. The van der Waals surface area contributed by atoms with Gasteiger partial charge in [0.2, 0.25) is 0 Å². The van der Waals surface area contributed by atoms with Crippen LogP contribution in [-0.2, 0) is 19.6 Å². The van der Waals surface area contributed by atoms with E-state index in [0.29, 0.717) is 22.6 Å². The molecular formula is C35H45F3IO5S2+. The third-order valence-corrected chi connectivity index (χ3v) is 13.7. The second-order valence-corrected chi connectivity index (χ2v) is 16.9. The first-order valence-electron chi connectivity index (χ1n) is 15.9. The third kappa shape index (κ3) is 11.0. The van der Waals surface area contributed by atoms with E-state index in [9.17, 15) is 17.6 Å². The fourth-order valence-electron chi connectivity index (χ4n) is 5.09. The summed E-state index contributed by atoms with van der Waals surface area (Å²) in [6, 6.07) is 21.1. The summed E-state index contributed by atoms with van der Waals surface area (Å²) in [6.07, 6.45) is 14.2. The molecule has 0 heterocycles. The largest absolute Gasteiger partial charge is 0.514 e. The first-order chi connectivity index (χ1) is 22.1. The van der Waals surface area contributed by atoms with Crippen molar-refractivity contribution in [2.75, 3.05) is 11.0 Å². The molecule has 5 nitrogen and oxygen atoms in total. The van der Waals surface area contributed by atoms with Crippen LogP contribution in [0, 0.1) is 5.82 Å². The monoisotopic (exact) mass is 793 g/mol. The average Bonchev–Trinajstić information content (AvgIpc) is 3.06. The summed E-state index contributed by atoms with van der Waals surface area (Å²) in [7, 11) is -9.07. The summed E-state index contributed by atoms with van der Waals surface area (Å²) in [5.41, 5.74) is 0. The number of hydrogen-bond donors (Lipinski definition) is 0. The van der Waals surface area contributed by atoms with Gasteiger partial charge in [0, 0.05) is 0 Å². The van der Waals surface area contributed by atoms with E-state index in [4.69, 9.17) is 4.74 Å². The Bertz CT molecular complexity index is 1370. The molecule has 0 unspecified atom stereocenters. The maximum Gasteiger partial charge on any atom is 0.514 e. The Balaban J connectivity index is 1.58. The number of rotatable bonds is 22. The number of unbranched alkanes of at least 4 members (excludes halogenated alkanes) is 12. The van der Waals surface area contributed by atoms with E-state index in [-0.39, 0.29) is 11.5 Å². The summed E-state index contributed by atoms with van der Waals surface area (Å²) in [5, 5.41) is -4.93. The van der Waals surface area contributed by atoms with Gasteiger partial charge in [-0.3, -0.25) is 3.63 Å². The highest BCUT2D eigenvalue weighted by molar-refractivity contribution is 14.1. The van der Waals surface area contributed by atoms with Gasteiger partial charge < -0.3 is 4.74 Å². The first-order valence-corrected chi connectivity index (χ1v) is 20.5. The molecule has 0 aromatic heterocycles. The normalized spacial score (nSPS) is 12.6. The Hall–Kier alpha value is -2.09. The van der Waals surface area contributed by atoms with Crippen molar-refractivity contribution in [3.63, 3.8) is 0 Å². The molecule has 3 aromatic carbocycles. The topological polar surface area (TPSA) is 73.2 Å². The van der Waals surface area contributed by atoms with Crippen molar-refractivity contribution in [3.8, 4) is 0 Å². The standard InChI is InChI=1S/C35H44F3IO5S2/c36-30-24-26-33(27-25-30)45(31-20-14-12-15-21-31,32-22-16-13-17-23-32)44-46(41,42)35(37,38)34(40)43-29-19-11-9-7-5-3-1-2-4-6-8-10-18-28-39/h12-17,20-27H,1-11,18-19,28-29H2/p+1. The van der Waals surface area contributed by atoms with E-state index in [2.05, 4.69) is 26.2 Å². The van der Waals surface area contributed by atoms with Crippen molar-refractivity contribution in [2.45, 2.75) is 103 Å². The smallest absolute Gasteiger partial charge is 0.460 e. The lowest BCUT2D eigenvalue weighted by Gasteiger charge is -2.35. The van der Waals surface area contributed by atoms with Crippen LogP contribution in [0.15, 0.2) is 99.6 Å². The van der Waals surface area contributed by atoms with E-state index < -0.39 is 37.5 Å². The molecule has 0 aliphatic heterocycles. The van der Waals surface area contributed by atoms with E-state index in [1.165, 1.54) is 67.9 Å². The molecular weight excluding hydrogens is 748 g/mol. The van der Waals surface area contributed by atoms with Gasteiger partial charge >= 0.3 is 21.3 Å². The molecule has 0 saturated heterocycles. The highest BCUT2D eigenvalue weighted by Gasteiger charge is 2.63. The number of carbonyl (C=O) groups is 1. The van der Waals surface area contributed by atoms with Crippen molar-refractivity contribution in [1.29, 1.82) is 0 Å². The Morgan fingerprint density at radius 1 is 0.630 bits per heavy atom. The molecule has 11 heteroatoms. The Labute approximate surface area is 287 Å². The second-order valence-electron chi connectivity index (χ2n) is 11.1. The van der Waals surface area contributed by atoms with Gasteiger partial charge in [-0.15, -0.1) is 8.42 Å². The summed E-state index contributed by atoms with van der Waals surface area (Å²) in [4.78, 5) is 13.4. The van der Waals surface area contributed by atoms with Crippen LogP contribution in [0.2, 0.25) is 0 Å². The minimum Gasteiger partial charge on any atom is -0.460 e. The SMILES string of the molecule is O=C(OCCCCCCCCCCCCCCCI)C(F)(F)S(=O)(=O)[OH+]S(c1ccccc1)(c1ccccc1)c1ccc(F)cc1. The fourth-order valence-corrected chi connectivity index (χ4v) is 10.9. The molecule has 0 fully saturated rings. The van der Waals surface area contributed by atoms with Crippen LogP contribution >= 0.6 is 32.9 Å². The van der Waals surface area contributed by atoms with Crippen LogP contribution in [0.4, 0.5) is 13.2 Å². The summed E-state index contributed by atoms with van der Waals surface area (Å²) < 4.78 is 81.4. The highest BCUT2D eigenvalue weighted by Crippen LogP contribution is 2.68. The number of alkyl halides is 3. The zero-order chi connectivity index (χ0) is 33.3. The van der Waals surface area contributed by atoms with Gasteiger partial charge in [0.05, 0.1) is 31.6 Å². The predicted molar refractivity (Wildman–Crippen MR) is 188 cm³/mol. The lowest BCUT2D eigenvalue weighted by Crippen LogP contribution is -2.42. The quantitative estimate of drug-likeness (QED) is 0.0254. The molecule has 0 aliphatic carbocycles. The molecule has 0 atom stereocenters. The molecule has 46 heavy (non-hydrogen) atoms. The Kier molecular flexibility index (Phi) is 16.4. The number of carbonyl (C=O) groups excluding carboxylic acids is 1. The van der Waals surface area contributed by atoms with Gasteiger partial charge in [-0.05, 0) is 65.8 Å². The molecule has 3 aromatic rings. The molecule has 1 N–H and O–H groups in total. The predicted octanol–water partition coefficient (Wildman–Crippen LogP) is 11.1. The van der Waals surface area contributed by atoms with Gasteiger partial charge in [-0.25, -0.2) is 9.18 Å². The van der Waals surface area contributed by atoms with E-state index in [0.717, 1.165) is 31.4 Å². The van der Waals surface area contributed by atoms with E-state index >= 15 is 8.78 Å². The molecule has 0 saturated carbocycles. The number of halogens is 4. The van der Waals surface area contributed by atoms with Crippen molar-refractivity contribution in [1.82, 2.24) is 0 Å². The van der Waals surface area contributed by atoms with Crippen LogP contribution in [0.3, 0.4) is 0 Å². The highest BCUT2D eigenvalue weighted by atomic mass is 127. The Morgan fingerprint density at radius 3 is 1.46 bits per heavy atom. The fraction of sp³-hybridized carbons (Fsp3) is 0.457. The maximum atomic E-state index is 15.4. The molecule has 0 bridgehead atoms. The van der Waals surface area contributed by atoms with Gasteiger partial charge in [-0.2, -0.15) is 8.78 Å². The van der Waals surface area contributed by atoms with Gasteiger partial charge in [0.15, 0.2) is 0 Å². The molecule has 3 rings (SSSR count). The number of esters is 1. The minimum absolute atomic E-state index is 0.209. The molecule has 0 radical (unpaired) electrons. The average molecular weight is 794 g/mol. The zero-order valence-corrected chi connectivity index (χ0v) is 29.9. The maximum absolute atomic E-state index is 15.4. The van der Waals surface area contributed by atoms with Crippen LogP contribution in [0.25, 0.3) is 0 Å². The van der Waals surface area contributed by atoms with Gasteiger partial charge in [-0.1, -0.05) is 130 Å². The van der Waals surface area contributed by atoms with Crippen LogP contribution in [0.5, 0.6) is 0 Å². The molecule has 0 aliphatic rings. The number of hydrogen-bond acceptors (Lipinski definition) is 4. The second kappa shape index (κ2) is 19.7. The summed E-state index contributed by atoms with van der Waals surface area (Å²) in [6.45, 7) is -0.311. The van der Waals surface area contributed by atoms with Gasteiger partial charge in [0.25, 0.3) is 0 Å². The van der Waals surface area contributed by atoms with Crippen molar-refractivity contribution < 1.29 is 34.7 Å². The molecule has 254 valence electrons. The lowest BCUT2D eigenvalue weighted by molar-refractivity contribution is -0.161. The lowest BCUT2D eigenvalue weighted by atomic mass is 10.0. The first kappa shape index (κ1) is 38.4. The number of benzene rings is 3. The molecule has 0 spiro atoms. The van der Waals surface area contributed by atoms with E-state index in [1.54, 1.807) is 60.7 Å². The van der Waals surface area contributed by atoms with Crippen LogP contribution in [-0.4, -0.2) is 34.3 Å².